The van der Waals surface area contributed by atoms with Crippen LogP contribution in [0.5, 0.6) is 0 Å². The van der Waals surface area contributed by atoms with E-state index in [1.165, 1.54) is 29.1 Å². The van der Waals surface area contributed by atoms with Gasteiger partial charge in [-0.25, -0.2) is 0 Å². The van der Waals surface area contributed by atoms with Crippen LogP contribution in [0.3, 0.4) is 0 Å². The summed E-state index contributed by atoms with van der Waals surface area (Å²) in [6, 6.07) is 15.3. The van der Waals surface area contributed by atoms with Crippen LogP contribution in [0.4, 0.5) is 0 Å². The monoisotopic (exact) mass is 492 g/mol. The van der Waals surface area contributed by atoms with E-state index in [9.17, 15) is 9.59 Å². The number of aromatic nitrogens is 1. The summed E-state index contributed by atoms with van der Waals surface area (Å²) < 4.78 is 0. The summed E-state index contributed by atoms with van der Waals surface area (Å²) in [4.78, 5) is 33.9. The molecule has 0 spiro atoms. The van der Waals surface area contributed by atoms with Gasteiger partial charge in [0.15, 0.2) is 0 Å². The van der Waals surface area contributed by atoms with Crippen LogP contribution >= 0.6 is 22.7 Å². The number of carbonyl (C=O) groups is 2. The first-order valence-corrected chi connectivity index (χ1v) is 13.4. The van der Waals surface area contributed by atoms with Crippen molar-refractivity contribution in [3.8, 4) is 0 Å². The quantitative estimate of drug-likeness (QED) is 0.320. The molecule has 6 nitrogen and oxygen atoms in total. The maximum Gasteiger partial charge on any atom is 0.262 e. The van der Waals surface area contributed by atoms with E-state index in [0.717, 1.165) is 29.6 Å². The fraction of sp³-hybridized carbons (Fsp3) is 0.308. The molecule has 1 aromatic carbocycles. The molecule has 0 aliphatic carbocycles. The number of H-pyrrole nitrogens is 1. The first-order valence-electron chi connectivity index (χ1n) is 11.6. The molecule has 1 fully saturated rings. The van der Waals surface area contributed by atoms with Gasteiger partial charge in [-0.05, 0) is 60.5 Å². The predicted octanol–water partition coefficient (Wildman–Crippen LogP) is 4.59. The highest BCUT2D eigenvalue weighted by molar-refractivity contribution is 7.12. The van der Waals surface area contributed by atoms with Gasteiger partial charge in [0.05, 0.1) is 10.9 Å². The average Bonchev–Trinajstić information content (AvgIpc) is 3.67. The van der Waals surface area contributed by atoms with Gasteiger partial charge in [-0.2, -0.15) is 0 Å². The Hall–Kier alpha value is -2.94. The number of hydrogen-bond donors (Lipinski definition) is 3. The highest BCUT2D eigenvalue weighted by Gasteiger charge is 2.28. The van der Waals surface area contributed by atoms with Crippen LogP contribution in [0.2, 0.25) is 0 Å². The van der Waals surface area contributed by atoms with Crippen LogP contribution in [0.25, 0.3) is 10.9 Å². The minimum atomic E-state index is -0.670. The minimum Gasteiger partial charge on any atom is -0.361 e. The molecule has 3 N–H and O–H groups in total. The van der Waals surface area contributed by atoms with Crippen molar-refractivity contribution in [1.82, 2.24) is 20.5 Å². The van der Waals surface area contributed by atoms with Gasteiger partial charge in [0.1, 0.15) is 6.04 Å². The highest BCUT2D eigenvalue weighted by Crippen LogP contribution is 2.28. The summed E-state index contributed by atoms with van der Waals surface area (Å²) in [5.74, 6) is -0.375. The molecular formula is C26H28N4O2S2. The maximum absolute atomic E-state index is 13.5. The largest absolute Gasteiger partial charge is 0.361 e. The van der Waals surface area contributed by atoms with Crippen LogP contribution in [-0.2, 0) is 11.2 Å². The first kappa shape index (κ1) is 22.8. The van der Waals surface area contributed by atoms with Gasteiger partial charge in [-0.15, -0.1) is 22.7 Å². The summed E-state index contributed by atoms with van der Waals surface area (Å²) in [6.45, 7) is 2.62. The molecule has 1 aliphatic rings. The van der Waals surface area contributed by atoms with Crippen LogP contribution in [0.15, 0.2) is 65.5 Å². The molecule has 0 radical (unpaired) electrons. The number of thiophene rings is 2. The highest BCUT2D eigenvalue weighted by atomic mass is 32.1. The first-order chi connectivity index (χ1) is 16.7. The Bertz CT molecular complexity index is 1230. The molecule has 0 saturated carbocycles. The molecule has 5 rings (SSSR count). The summed E-state index contributed by atoms with van der Waals surface area (Å²) in [5, 5.41) is 11.2. The van der Waals surface area contributed by atoms with E-state index < -0.39 is 6.04 Å². The molecule has 34 heavy (non-hydrogen) atoms. The zero-order valence-electron chi connectivity index (χ0n) is 18.8. The van der Waals surface area contributed by atoms with E-state index in [4.69, 9.17) is 0 Å². The van der Waals surface area contributed by atoms with Gasteiger partial charge in [0.25, 0.3) is 5.91 Å². The second-order valence-electron chi connectivity index (χ2n) is 8.59. The molecule has 2 amide bonds. The second kappa shape index (κ2) is 10.5. The van der Waals surface area contributed by atoms with E-state index in [0.29, 0.717) is 17.8 Å². The van der Waals surface area contributed by atoms with E-state index >= 15 is 0 Å². The number of fused-ring (bicyclic) bond motifs is 1. The van der Waals surface area contributed by atoms with Gasteiger partial charge in [-0.3, -0.25) is 14.5 Å². The number of rotatable bonds is 9. The van der Waals surface area contributed by atoms with Crippen molar-refractivity contribution in [1.29, 1.82) is 0 Å². The number of aromatic amines is 1. The Morgan fingerprint density at radius 2 is 1.79 bits per heavy atom. The van der Waals surface area contributed by atoms with Gasteiger partial charge >= 0.3 is 0 Å². The third-order valence-corrected chi connectivity index (χ3v) is 8.23. The zero-order valence-corrected chi connectivity index (χ0v) is 20.5. The predicted molar refractivity (Wildman–Crippen MR) is 138 cm³/mol. The average molecular weight is 493 g/mol. The lowest BCUT2D eigenvalue weighted by Crippen LogP contribution is -2.49. The maximum atomic E-state index is 13.5. The van der Waals surface area contributed by atoms with E-state index in [-0.39, 0.29) is 17.9 Å². The van der Waals surface area contributed by atoms with Crippen molar-refractivity contribution in [3.63, 3.8) is 0 Å². The normalized spacial score (nSPS) is 15.9. The van der Waals surface area contributed by atoms with Crippen LogP contribution in [0.1, 0.15) is 39.0 Å². The van der Waals surface area contributed by atoms with Crippen molar-refractivity contribution >= 4 is 45.4 Å². The van der Waals surface area contributed by atoms with Crippen molar-refractivity contribution < 1.29 is 9.59 Å². The molecule has 2 atom stereocenters. The zero-order chi connectivity index (χ0) is 23.3. The molecule has 8 heteroatoms. The molecule has 4 heterocycles. The molecular weight excluding hydrogens is 464 g/mol. The second-order valence-corrected chi connectivity index (χ2v) is 10.5. The molecule has 3 aromatic heterocycles. The number of benzene rings is 1. The summed E-state index contributed by atoms with van der Waals surface area (Å²) in [6.07, 6.45) is 4.73. The molecule has 1 aliphatic heterocycles. The van der Waals surface area contributed by atoms with E-state index in [1.807, 2.05) is 41.9 Å². The van der Waals surface area contributed by atoms with Gasteiger partial charge in [0.2, 0.25) is 5.91 Å². The van der Waals surface area contributed by atoms with Crippen LogP contribution in [-0.4, -0.2) is 47.4 Å². The Morgan fingerprint density at radius 3 is 2.56 bits per heavy atom. The molecule has 4 aromatic rings. The molecule has 1 saturated heterocycles. The number of carbonyl (C=O) groups excluding carboxylic acids is 2. The topological polar surface area (TPSA) is 77.2 Å². The van der Waals surface area contributed by atoms with Gasteiger partial charge < -0.3 is 15.6 Å². The van der Waals surface area contributed by atoms with E-state index in [1.54, 1.807) is 17.4 Å². The van der Waals surface area contributed by atoms with Crippen molar-refractivity contribution in [2.24, 2.45) is 0 Å². The van der Waals surface area contributed by atoms with Crippen LogP contribution < -0.4 is 10.6 Å². The summed E-state index contributed by atoms with van der Waals surface area (Å²) in [7, 11) is 0. The van der Waals surface area contributed by atoms with Crippen molar-refractivity contribution in [2.75, 3.05) is 19.6 Å². The summed E-state index contributed by atoms with van der Waals surface area (Å²) in [5.41, 5.74) is 2.03. The van der Waals surface area contributed by atoms with Crippen LogP contribution in [0, 0.1) is 0 Å². The Morgan fingerprint density at radius 1 is 1.00 bits per heavy atom. The number of hydrogen-bond acceptors (Lipinski definition) is 5. The number of nitrogens with zero attached hydrogens (tertiary/aromatic N) is 1. The Kier molecular flexibility index (Phi) is 7.08. The molecule has 2 unspecified atom stereocenters. The van der Waals surface area contributed by atoms with Gasteiger partial charge in [0, 0.05) is 34.9 Å². The third kappa shape index (κ3) is 5.09. The minimum absolute atomic E-state index is 0.157. The molecule has 0 bridgehead atoms. The Balaban J connectivity index is 1.34. The SMILES string of the molecule is O=C(NC(Cc1c[nH]c2ccccc12)C(=O)NCC(c1cccs1)N1CCCC1)c1cccs1. The molecule has 176 valence electrons. The lowest BCUT2D eigenvalue weighted by atomic mass is 10.0. The lowest BCUT2D eigenvalue weighted by molar-refractivity contribution is -0.123. The number of para-hydroxylation sites is 1. The van der Waals surface area contributed by atoms with Gasteiger partial charge in [-0.1, -0.05) is 30.3 Å². The third-order valence-electron chi connectivity index (χ3n) is 6.39. The lowest BCUT2D eigenvalue weighted by Gasteiger charge is -2.28. The fourth-order valence-corrected chi connectivity index (χ4v) is 6.12. The summed E-state index contributed by atoms with van der Waals surface area (Å²) >= 11 is 3.10. The van der Waals surface area contributed by atoms with Crippen molar-refractivity contribution in [2.45, 2.75) is 31.3 Å². The number of likely N-dealkylation sites (tertiary alicyclic amines) is 1. The van der Waals surface area contributed by atoms with E-state index in [2.05, 4.69) is 38.0 Å². The number of amides is 2. The van der Waals surface area contributed by atoms with Crippen molar-refractivity contribution in [3.05, 3.63) is 80.8 Å². The standard InChI is InChI=1S/C26H28N4O2S2/c31-25(28-17-22(23-9-5-13-33-23)30-11-3-4-12-30)21(29-26(32)24-10-6-14-34-24)15-18-16-27-20-8-2-1-7-19(18)20/h1-2,5-10,13-14,16,21-22,27H,3-4,11-12,15,17H2,(H,28,31)(H,29,32). The Labute approximate surface area is 207 Å². The smallest absolute Gasteiger partial charge is 0.262 e. The fourth-order valence-electron chi connectivity index (χ4n) is 4.63. The number of nitrogens with one attached hydrogen (secondary N) is 3.